The molecule has 5 heteroatoms. The second-order valence-corrected chi connectivity index (χ2v) is 6.48. The van der Waals surface area contributed by atoms with Crippen molar-refractivity contribution in [1.29, 1.82) is 0 Å². The molecule has 2 rings (SSSR count). The fourth-order valence-corrected chi connectivity index (χ4v) is 3.10. The molecule has 0 saturated heterocycles. The van der Waals surface area contributed by atoms with Crippen molar-refractivity contribution in [1.82, 2.24) is 20.4 Å². The standard InChI is InChI=1S/C19H30N4O/c1-2-3-4-5-6-7-8-9-10-11-18(24)19(16-12-14-20-22-16)17-13-15-21-23-17/h12-15,19H,2-11H2,1H3,(H,20,22)(H,21,23). The van der Waals surface area contributed by atoms with Gasteiger partial charge in [0.05, 0.1) is 11.4 Å². The summed E-state index contributed by atoms with van der Waals surface area (Å²) in [4.78, 5) is 12.6. The SMILES string of the molecule is CCCCCCCCCCCC(=O)C(c1cc[nH]n1)c1cc[nH]n1. The van der Waals surface area contributed by atoms with E-state index in [9.17, 15) is 4.79 Å². The van der Waals surface area contributed by atoms with E-state index in [4.69, 9.17) is 0 Å². The van der Waals surface area contributed by atoms with Crippen LogP contribution in [0.1, 0.15) is 88.4 Å². The Hall–Kier alpha value is -1.91. The minimum Gasteiger partial charge on any atom is -0.299 e. The van der Waals surface area contributed by atoms with Gasteiger partial charge in [-0.3, -0.25) is 15.0 Å². The number of nitrogens with one attached hydrogen (secondary N) is 2. The van der Waals surface area contributed by atoms with Crippen LogP contribution in [0.5, 0.6) is 0 Å². The summed E-state index contributed by atoms with van der Waals surface area (Å²) in [6, 6.07) is 3.71. The molecule has 2 heterocycles. The number of nitrogens with zero attached hydrogens (tertiary/aromatic N) is 2. The van der Waals surface area contributed by atoms with Gasteiger partial charge in [-0.15, -0.1) is 0 Å². The van der Waals surface area contributed by atoms with E-state index in [0.29, 0.717) is 6.42 Å². The summed E-state index contributed by atoms with van der Waals surface area (Å²) in [5, 5.41) is 14.0. The van der Waals surface area contributed by atoms with Crippen LogP contribution in [-0.2, 0) is 4.79 Å². The first-order valence-electron chi connectivity index (χ1n) is 9.35. The molecule has 0 amide bonds. The molecule has 0 unspecified atom stereocenters. The monoisotopic (exact) mass is 330 g/mol. The van der Waals surface area contributed by atoms with E-state index in [0.717, 1.165) is 24.2 Å². The lowest BCUT2D eigenvalue weighted by Gasteiger charge is -2.11. The number of ketones is 1. The lowest BCUT2D eigenvalue weighted by atomic mass is 9.93. The Morgan fingerprint density at radius 2 is 1.38 bits per heavy atom. The number of H-pyrrole nitrogens is 2. The van der Waals surface area contributed by atoms with Gasteiger partial charge in [-0.1, -0.05) is 58.3 Å². The molecule has 0 aromatic carbocycles. The van der Waals surface area contributed by atoms with Gasteiger partial charge in [-0.2, -0.15) is 10.2 Å². The van der Waals surface area contributed by atoms with Crippen LogP contribution in [0.15, 0.2) is 24.5 Å². The van der Waals surface area contributed by atoms with E-state index in [1.807, 2.05) is 12.1 Å². The highest BCUT2D eigenvalue weighted by atomic mass is 16.1. The lowest BCUT2D eigenvalue weighted by molar-refractivity contribution is -0.119. The molecular formula is C19H30N4O. The number of carbonyl (C=O) groups excluding carboxylic acids is 1. The summed E-state index contributed by atoms with van der Waals surface area (Å²) in [6.45, 7) is 2.25. The third kappa shape index (κ3) is 5.95. The van der Waals surface area contributed by atoms with E-state index >= 15 is 0 Å². The molecular weight excluding hydrogens is 300 g/mol. The molecule has 0 aliphatic carbocycles. The van der Waals surface area contributed by atoms with Gasteiger partial charge in [0.2, 0.25) is 0 Å². The van der Waals surface area contributed by atoms with E-state index in [2.05, 4.69) is 27.3 Å². The van der Waals surface area contributed by atoms with Crippen LogP contribution in [0.2, 0.25) is 0 Å². The van der Waals surface area contributed by atoms with Crippen molar-refractivity contribution in [3.8, 4) is 0 Å². The van der Waals surface area contributed by atoms with Crippen LogP contribution in [0.3, 0.4) is 0 Å². The average Bonchev–Trinajstić information content (AvgIpc) is 3.28. The van der Waals surface area contributed by atoms with Crippen LogP contribution >= 0.6 is 0 Å². The lowest BCUT2D eigenvalue weighted by Crippen LogP contribution is -2.15. The number of hydrogen-bond donors (Lipinski definition) is 2. The molecule has 0 radical (unpaired) electrons. The van der Waals surface area contributed by atoms with Crippen LogP contribution in [-0.4, -0.2) is 26.2 Å². The van der Waals surface area contributed by atoms with Crippen molar-refractivity contribution in [2.24, 2.45) is 0 Å². The summed E-state index contributed by atoms with van der Waals surface area (Å²) in [6.07, 6.45) is 15.4. The number of aromatic nitrogens is 4. The van der Waals surface area contributed by atoms with Crippen LogP contribution in [0, 0.1) is 0 Å². The summed E-state index contributed by atoms with van der Waals surface area (Å²) >= 11 is 0. The number of carbonyl (C=O) groups is 1. The quantitative estimate of drug-likeness (QED) is 0.520. The molecule has 0 aliphatic heterocycles. The van der Waals surface area contributed by atoms with E-state index in [-0.39, 0.29) is 11.7 Å². The average molecular weight is 330 g/mol. The maximum absolute atomic E-state index is 12.6. The summed E-state index contributed by atoms with van der Waals surface area (Å²) in [7, 11) is 0. The summed E-state index contributed by atoms with van der Waals surface area (Å²) < 4.78 is 0. The number of rotatable bonds is 13. The van der Waals surface area contributed by atoms with Gasteiger partial charge in [-0.05, 0) is 18.6 Å². The van der Waals surface area contributed by atoms with Crippen LogP contribution in [0.25, 0.3) is 0 Å². The smallest absolute Gasteiger partial charge is 0.148 e. The zero-order chi connectivity index (χ0) is 17.0. The Morgan fingerprint density at radius 1 is 0.875 bits per heavy atom. The number of hydrogen-bond acceptors (Lipinski definition) is 3. The fraction of sp³-hybridized carbons (Fsp3) is 0.632. The van der Waals surface area contributed by atoms with Crippen molar-refractivity contribution in [2.75, 3.05) is 0 Å². The second kappa shape index (κ2) is 10.8. The van der Waals surface area contributed by atoms with E-state index in [1.165, 1.54) is 44.9 Å². The largest absolute Gasteiger partial charge is 0.299 e. The van der Waals surface area contributed by atoms with E-state index < -0.39 is 0 Å². The van der Waals surface area contributed by atoms with E-state index in [1.54, 1.807) is 12.4 Å². The molecule has 0 aliphatic rings. The molecule has 0 saturated carbocycles. The van der Waals surface area contributed by atoms with Crippen molar-refractivity contribution in [3.05, 3.63) is 35.9 Å². The van der Waals surface area contributed by atoms with Gasteiger partial charge < -0.3 is 0 Å². The molecule has 132 valence electrons. The molecule has 0 bridgehead atoms. The van der Waals surface area contributed by atoms with Gasteiger partial charge in [-0.25, -0.2) is 0 Å². The summed E-state index contributed by atoms with van der Waals surface area (Å²) in [5.74, 6) is -0.145. The first-order valence-corrected chi connectivity index (χ1v) is 9.35. The molecule has 2 aromatic rings. The molecule has 24 heavy (non-hydrogen) atoms. The molecule has 0 spiro atoms. The number of unbranched alkanes of at least 4 members (excludes halogenated alkanes) is 8. The first-order chi connectivity index (χ1) is 11.8. The highest BCUT2D eigenvalue weighted by Crippen LogP contribution is 2.24. The molecule has 0 fully saturated rings. The fourth-order valence-electron chi connectivity index (χ4n) is 3.10. The Morgan fingerprint density at radius 3 is 1.83 bits per heavy atom. The Kier molecular flexibility index (Phi) is 8.28. The number of aromatic amines is 2. The maximum Gasteiger partial charge on any atom is 0.148 e. The predicted octanol–water partition coefficient (Wildman–Crippen LogP) is 4.75. The Labute approximate surface area is 144 Å². The predicted molar refractivity (Wildman–Crippen MR) is 95.9 cm³/mol. The van der Waals surface area contributed by atoms with Gasteiger partial charge >= 0.3 is 0 Å². The van der Waals surface area contributed by atoms with Crippen molar-refractivity contribution in [2.45, 2.75) is 77.0 Å². The zero-order valence-corrected chi connectivity index (χ0v) is 14.8. The van der Waals surface area contributed by atoms with Gasteiger partial charge in [0.15, 0.2) is 0 Å². The minimum absolute atomic E-state index is 0.206. The highest BCUT2D eigenvalue weighted by Gasteiger charge is 2.25. The third-order valence-electron chi connectivity index (χ3n) is 4.48. The van der Waals surface area contributed by atoms with Crippen molar-refractivity contribution >= 4 is 5.78 Å². The molecule has 2 aromatic heterocycles. The van der Waals surface area contributed by atoms with Crippen molar-refractivity contribution in [3.63, 3.8) is 0 Å². The Bertz CT molecular complexity index is 514. The van der Waals surface area contributed by atoms with Crippen molar-refractivity contribution < 1.29 is 4.79 Å². The maximum atomic E-state index is 12.6. The second-order valence-electron chi connectivity index (χ2n) is 6.48. The van der Waals surface area contributed by atoms with Gasteiger partial charge in [0, 0.05) is 18.8 Å². The van der Waals surface area contributed by atoms with Gasteiger partial charge in [0.1, 0.15) is 11.7 Å². The Balaban J connectivity index is 1.69. The molecule has 5 nitrogen and oxygen atoms in total. The zero-order valence-electron chi connectivity index (χ0n) is 14.8. The highest BCUT2D eigenvalue weighted by molar-refractivity contribution is 5.88. The summed E-state index contributed by atoms with van der Waals surface area (Å²) in [5.41, 5.74) is 1.51. The van der Waals surface area contributed by atoms with Crippen LogP contribution in [0.4, 0.5) is 0 Å². The minimum atomic E-state index is -0.350. The third-order valence-corrected chi connectivity index (χ3v) is 4.48. The van der Waals surface area contributed by atoms with Crippen LogP contribution < -0.4 is 0 Å². The molecule has 2 N–H and O–H groups in total. The number of Topliss-reactive ketones (excluding diaryl/α,β-unsaturated/α-hetero) is 1. The normalized spacial score (nSPS) is 11.2. The molecule has 0 atom stereocenters. The van der Waals surface area contributed by atoms with Gasteiger partial charge in [0.25, 0.3) is 0 Å². The topological polar surface area (TPSA) is 74.4 Å². The first kappa shape index (κ1) is 18.4.